The zero-order valence-corrected chi connectivity index (χ0v) is 17.3. The molecule has 0 spiro atoms. The summed E-state index contributed by atoms with van der Waals surface area (Å²) in [7, 11) is 0. The van der Waals surface area contributed by atoms with Gasteiger partial charge in [-0.3, -0.25) is 4.79 Å². The number of rotatable bonds is 6. The molecule has 2 aromatic carbocycles. The van der Waals surface area contributed by atoms with E-state index in [0.717, 1.165) is 38.1 Å². The van der Waals surface area contributed by atoms with Crippen molar-refractivity contribution >= 4 is 49.7 Å². The number of hydrogen-bond donors (Lipinski definition) is 4. The number of anilines is 2. The highest BCUT2D eigenvalue weighted by Gasteiger charge is 2.22. The lowest BCUT2D eigenvalue weighted by Crippen LogP contribution is -2.30. The minimum atomic E-state index is -0.482. The molecule has 5 rings (SSSR count). The molecule has 1 amide bonds. The van der Waals surface area contributed by atoms with Crippen LogP contribution in [0.25, 0.3) is 21.1 Å². The summed E-state index contributed by atoms with van der Waals surface area (Å²) in [5.41, 5.74) is 3.25. The first-order valence-electron chi connectivity index (χ1n) is 9.92. The SMILES string of the molecule is O=C(N[C@H](CO)c1ccccc1)c1sc2ccccc2c1Nc1ccnc2[nH]ccc12. The fourth-order valence-electron chi connectivity index (χ4n) is 3.68. The van der Waals surface area contributed by atoms with Crippen molar-refractivity contribution in [2.45, 2.75) is 6.04 Å². The molecule has 0 saturated carbocycles. The molecule has 0 aliphatic heterocycles. The molecule has 0 aliphatic rings. The lowest BCUT2D eigenvalue weighted by Gasteiger charge is -2.17. The van der Waals surface area contributed by atoms with E-state index in [2.05, 4.69) is 20.6 Å². The van der Waals surface area contributed by atoms with E-state index in [1.165, 1.54) is 11.3 Å². The molecule has 0 unspecified atom stereocenters. The number of carbonyl (C=O) groups is 1. The minimum Gasteiger partial charge on any atom is -0.394 e. The molecule has 3 heterocycles. The zero-order valence-electron chi connectivity index (χ0n) is 16.5. The van der Waals surface area contributed by atoms with Gasteiger partial charge in [0.15, 0.2) is 0 Å². The molecule has 6 nitrogen and oxygen atoms in total. The molecule has 0 bridgehead atoms. The van der Waals surface area contributed by atoms with E-state index in [1.807, 2.05) is 72.9 Å². The molecule has 0 fully saturated rings. The van der Waals surface area contributed by atoms with Gasteiger partial charge in [-0.1, -0.05) is 48.5 Å². The summed E-state index contributed by atoms with van der Waals surface area (Å²) < 4.78 is 1.01. The molecule has 1 atom stereocenters. The van der Waals surface area contributed by atoms with Crippen LogP contribution in [0.15, 0.2) is 79.1 Å². The van der Waals surface area contributed by atoms with Gasteiger partial charge in [0.05, 0.1) is 24.0 Å². The number of aliphatic hydroxyl groups excluding tert-OH is 1. The van der Waals surface area contributed by atoms with Crippen LogP contribution in [-0.4, -0.2) is 27.6 Å². The topological polar surface area (TPSA) is 90.0 Å². The summed E-state index contributed by atoms with van der Waals surface area (Å²) in [6.45, 7) is -0.183. The van der Waals surface area contributed by atoms with Crippen molar-refractivity contribution in [1.29, 1.82) is 0 Å². The summed E-state index contributed by atoms with van der Waals surface area (Å²) in [6, 6.07) is 20.8. The fraction of sp³-hybridized carbons (Fsp3) is 0.0833. The van der Waals surface area contributed by atoms with E-state index >= 15 is 0 Å². The summed E-state index contributed by atoms with van der Waals surface area (Å²) >= 11 is 1.43. The number of aromatic amines is 1. The second-order valence-electron chi connectivity index (χ2n) is 7.15. The molecule has 3 aromatic heterocycles. The zero-order chi connectivity index (χ0) is 21.2. The van der Waals surface area contributed by atoms with Gasteiger partial charge in [-0.05, 0) is 23.8 Å². The van der Waals surface area contributed by atoms with Crippen molar-refractivity contribution in [3.63, 3.8) is 0 Å². The fourth-order valence-corrected chi connectivity index (χ4v) is 4.74. The van der Waals surface area contributed by atoms with Crippen LogP contribution in [0.1, 0.15) is 21.3 Å². The maximum Gasteiger partial charge on any atom is 0.264 e. The normalized spacial score (nSPS) is 12.2. The highest BCUT2D eigenvalue weighted by atomic mass is 32.1. The Morgan fingerprint density at radius 3 is 2.68 bits per heavy atom. The Morgan fingerprint density at radius 1 is 1.03 bits per heavy atom. The molecule has 0 radical (unpaired) electrons. The number of benzene rings is 2. The summed E-state index contributed by atoms with van der Waals surface area (Å²) in [4.78, 5) is 21.3. The summed E-state index contributed by atoms with van der Waals surface area (Å²) in [5, 5.41) is 18.2. The van der Waals surface area contributed by atoms with Crippen LogP contribution in [0.3, 0.4) is 0 Å². The van der Waals surface area contributed by atoms with Crippen molar-refractivity contribution in [2.24, 2.45) is 0 Å². The third-order valence-electron chi connectivity index (χ3n) is 5.21. The number of nitrogens with zero attached hydrogens (tertiary/aromatic N) is 1. The van der Waals surface area contributed by atoms with E-state index in [4.69, 9.17) is 0 Å². The maximum absolute atomic E-state index is 13.3. The van der Waals surface area contributed by atoms with E-state index in [0.29, 0.717) is 4.88 Å². The summed E-state index contributed by atoms with van der Waals surface area (Å²) in [6.07, 6.45) is 3.57. The maximum atomic E-state index is 13.3. The molecule has 0 aliphatic carbocycles. The molecule has 0 saturated heterocycles. The number of nitrogens with one attached hydrogen (secondary N) is 3. The Kier molecular flexibility index (Phi) is 5.11. The predicted octanol–water partition coefficient (Wildman–Crippen LogP) is 4.98. The molecule has 154 valence electrons. The monoisotopic (exact) mass is 428 g/mol. The van der Waals surface area contributed by atoms with Crippen molar-refractivity contribution < 1.29 is 9.90 Å². The third-order valence-corrected chi connectivity index (χ3v) is 6.38. The van der Waals surface area contributed by atoms with E-state index in [9.17, 15) is 9.90 Å². The molecule has 5 aromatic rings. The number of aliphatic hydroxyl groups is 1. The predicted molar refractivity (Wildman–Crippen MR) is 125 cm³/mol. The van der Waals surface area contributed by atoms with Gasteiger partial charge in [0, 0.05) is 27.9 Å². The van der Waals surface area contributed by atoms with Crippen molar-refractivity contribution in [3.8, 4) is 0 Å². The first kappa shape index (κ1) is 19.3. The van der Waals surface area contributed by atoms with Gasteiger partial charge in [-0.2, -0.15) is 0 Å². The van der Waals surface area contributed by atoms with Crippen molar-refractivity contribution in [3.05, 3.63) is 89.6 Å². The number of aromatic nitrogens is 2. The van der Waals surface area contributed by atoms with Crippen LogP contribution >= 0.6 is 11.3 Å². The number of H-pyrrole nitrogens is 1. The standard InChI is InChI=1S/C24H20N4O2S/c29-14-19(15-6-2-1-3-7-15)28-24(30)22-21(17-8-4-5-9-20(17)31-22)27-18-11-13-26-23-16(18)10-12-25-23/h1-13,19,29H,14H2,(H,28,30)(H2,25,26,27)/t19-/m1/s1. The second-order valence-corrected chi connectivity index (χ2v) is 8.20. The first-order valence-corrected chi connectivity index (χ1v) is 10.7. The highest BCUT2D eigenvalue weighted by Crippen LogP contribution is 2.38. The van der Waals surface area contributed by atoms with Gasteiger partial charge in [0.25, 0.3) is 5.91 Å². The molecular weight excluding hydrogens is 408 g/mol. The molecule has 31 heavy (non-hydrogen) atoms. The number of thiophene rings is 1. The van der Waals surface area contributed by atoms with Gasteiger partial charge >= 0.3 is 0 Å². The smallest absolute Gasteiger partial charge is 0.264 e. The van der Waals surface area contributed by atoms with Crippen LogP contribution < -0.4 is 10.6 Å². The average Bonchev–Trinajstić information content (AvgIpc) is 3.44. The van der Waals surface area contributed by atoms with E-state index in [1.54, 1.807) is 6.20 Å². The molecule has 4 N–H and O–H groups in total. The minimum absolute atomic E-state index is 0.183. The molecule has 7 heteroatoms. The largest absolute Gasteiger partial charge is 0.394 e. The lowest BCUT2D eigenvalue weighted by atomic mass is 10.1. The van der Waals surface area contributed by atoms with Gasteiger partial charge < -0.3 is 20.7 Å². The highest BCUT2D eigenvalue weighted by molar-refractivity contribution is 7.21. The number of hydrogen-bond acceptors (Lipinski definition) is 5. The lowest BCUT2D eigenvalue weighted by molar-refractivity contribution is 0.0921. The Morgan fingerprint density at radius 2 is 1.84 bits per heavy atom. The summed E-state index contributed by atoms with van der Waals surface area (Å²) in [5.74, 6) is -0.231. The number of amides is 1. The average molecular weight is 429 g/mol. The van der Waals surface area contributed by atoms with Crippen LogP contribution in [0.5, 0.6) is 0 Å². The van der Waals surface area contributed by atoms with Gasteiger partial charge in [0.2, 0.25) is 0 Å². The van der Waals surface area contributed by atoms with Gasteiger partial charge in [-0.15, -0.1) is 11.3 Å². The quantitative estimate of drug-likeness (QED) is 0.307. The Labute approximate surface area is 182 Å². The van der Waals surface area contributed by atoms with Crippen LogP contribution in [0.4, 0.5) is 11.4 Å². The Balaban J connectivity index is 1.54. The van der Waals surface area contributed by atoms with Crippen LogP contribution in [-0.2, 0) is 0 Å². The Hall–Kier alpha value is -3.68. The van der Waals surface area contributed by atoms with Gasteiger partial charge in [0.1, 0.15) is 10.5 Å². The van der Waals surface area contributed by atoms with Crippen molar-refractivity contribution in [2.75, 3.05) is 11.9 Å². The van der Waals surface area contributed by atoms with Crippen LogP contribution in [0.2, 0.25) is 0 Å². The second kappa shape index (κ2) is 8.22. The first-order chi connectivity index (χ1) is 15.2. The molecular formula is C24H20N4O2S. The number of pyridine rings is 1. The van der Waals surface area contributed by atoms with Crippen LogP contribution in [0, 0.1) is 0 Å². The number of carbonyl (C=O) groups excluding carboxylic acids is 1. The van der Waals surface area contributed by atoms with Gasteiger partial charge in [-0.25, -0.2) is 4.98 Å². The van der Waals surface area contributed by atoms with E-state index in [-0.39, 0.29) is 12.5 Å². The Bertz CT molecular complexity index is 1360. The third kappa shape index (κ3) is 3.65. The number of fused-ring (bicyclic) bond motifs is 2. The van der Waals surface area contributed by atoms with E-state index < -0.39 is 6.04 Å². The van der Waals surface area contributed by atoms with Crippen molar-refractivity contribution in [1.82, 2.24) is 15.3 Å².